The van der Waals surface area contributed by atoms with Crippen LogP contribution < -0.4 is 0 Å². The molecule has 7 heteroatoms. The molecule has 0 spiro atoms. The van der Waals surface area contributed by atoms with Crippen molar-refractivity contribution in [3.63, 3.8) is 0 Å². The van der Waals surface area contributed by atoms with E-state index in [4.69, 9.17) is 44.3 Å². The third kappa shape index (κ3) is 1.19. The average Bonchev–Trinajstić information content (AvgIpc) is 2.82. The Morgan fingerprint density at radius 3 is 2.78 bits per heavy atom. The highest BCUT2D eigenvalue weighted by Gasteiger charge is 2.72. The Morgan fingerprint density at radius 1 is 1.50 bits per heavy atom. The van der Waals surface area contributed by atoms with Gasteiger partial charge in [0.15, 0.2) is 0 Å². The van der Waals surface area contributed by atoms with Gasteiger partial charge in [-0.05, 0) is 6.42 Å². The molecule has 98 valence electrons. The number of halogens is 3. The number of rotatable bonds is 1. The standard InChI is InChI=1S/C11H9Cl3O4/c1-17-10(16)11-4-2-3(7(13)8(11)14)6(12)5(4)9(15)18-11/h3-6H,2H2,1H3/t3-,4+,5+,6+,11-/m1/s1. The molecule has 0 N–H and O–H groups in total. The molecule has 3 rings (SSSR count). The van der Waals surface area contributed by atoms with Gasteiger partial charge in [0.1, 0.15) is 0 Å². The molecule has 1 aliphatic heterocycles. The molecule has 2 fully saturated rings. The topological polar surface area (TPSA) is 52.6 Å². The highest BCUT2D eigenvalue weighted by atomic mass is 35.5. The molecule has 0 unspecified atom stereocenters. The Bertz CT molecular complexity index is 489. The Labute approximate surface area is 118 Å². The van der Waals surface area contributed by atoms with Crippen LogP contribution in [0, 0.1) is 17.8 Å². The van der Waals surface area contributed by atoms with E-state index in [9.17, 15) is 9.59 Å². The summed E-state index contributed by atoms with van der Waals surface area (Å²) in [5.74, 6) is -2.34. The molecule has 5 atom stereocenters. The van der Waals surface area contributed by atoms with Crippen LogP contribution in [0.2, 0.25) is 0 Å². The number of hydrogen-bond acceptors (Lipinski definition) is 4. The first kappa shape index (κ1) is 12.6. The van der Waals surface area contributed by atoms with E-state index in [0.29, 0.717) is 11.5 Å². The van der Waals surface area contributed by atoms with Crippen LogP contribution in [0.15, 0.2) is 10.1 Å². The third-order valence-electron chi connectivity index (χ3n) is 4.07. The molecule has 1 saturated heterocycles. The monoisotopic (exact) mass is 310 g/mol. The molecule has 3 aliphatic rings. The van der Waals surface area contributed by atoms with Gasteiger partial charge in [-0.15, -0.1) is 11.6 Å². The molecular weight excluding hydrogens is 302 g/mol. The van der Waals surface area contributed by atoms with Gasteiger partial charge >= 0.3 is 11.9 Å². The molecule has 0 radical (unpaired) electrons. The first-order valence-corrected chi connectivity index (χ1v) is 6.65. The second kappa shape index (κ2) is 3.78. The van der Waals surface area contributed by atoms with E-state index in [1.54, 1.807) is 0 Å². The van der Waals surface area contributed by atoms with Gasteiger partial charge < -0.3 is 9.47 Å². The van der Waals surface area contributed by atoms with Gasteiger partial charge in [0.2, 0.25) is 5.60 Å². The van der Waals surface area contributed by atoms with Crippen molar-refractivity contribution in [1.29, 1.82) is 0 Å². The number of esters is 2. The molecule has 4 nitrogen and oxygen atoms in total. The summed E-state index contributed by atoms with van der Waals surface area (Å²) in [5, 5.41) is -0.151. The lowest BCUT2D eigenvalue weighted by Gasteiger charge is -2.34. The highest BCUT2D eigenvalue weighted by molar-refractivity contribution is 6.42. The summed E-state index contributed by atoms with van der Waals surface area (Å²) in [6.07, 6.45) is 0.509. The van der Waals surface area contributed by atoms with Gasteiger partial charge in [-0.2, -0.15) is 0 Å². The minimum absolute atomic E-state index is 0.0382. The van der Waals surface area contributed by atoms with Crippen molar-refractivity contribution in [1.82, 2.24) is 0 Å². The molecule has 1 saturated carbocycles. The van der Waals surface area contributed by atoms with E-state index in [-0.39, 0.29) is 16.9 Å². The first-order chi connectivity index (χ1) is 8.45. The predicted molar refractivity (Wildman–Crippen MR) is 64.3 cm³/mol. The van der Waals surface area contributed by atoms with Gasteiger partial charge in [-0.3, -0.25) is 4.79 Å². The lowest BCUT2D eigenvalue weighted by atomic mass is 9.79. The molecule has 0 aromatic rings. The Balaban J connectivity index is 2.22. The minimum atomic E-state index is -1.59. The number of methoxy groups -OCH3 is 1. The highest BCUT2D eigenvalue weighted by Crippen LogP contribution is 2.62. The molecule has 0 amide bonds. The van der Waals surface area contributed by atoms with E-state index in [1.807, 2.05) is 0 Å². The summed E-state index contributed by atoms with van der Waals surface area (Å²) in [5.41, 5.74) is -1.59. The number of fused-ring (bicyclic) bond motifs is 1. The molecule has 18 heavy (non-hydrogen) atoms. The van der Waals surface area contributed by atoms with Crippen LogP contribution in [0.5, 0.6) is 0 Å². The van der Waals surface area contributed by atoms with Crippen molar-refractivity contribution in [2.45, 2.75) is 17.4 Å². The summed E-state index contributed by atoms with van der Waals surface area (Å²) in [4.78, 5) is 23.9. The van der Waals surface area contributed by atoms with Gasteiger partial charge in [0.25, 0.3) is 0 Å². The first-order valence-electron chi connectivity index (χ1n) is 5.46. The quantitative estimate of drug-likeness (QED) is 0.549. The second-order valence-electron chi connectivity index (χ2n) is 4.73. The largest absolute Gasteiger partial charge is 0.466 e. The summed E-state index contributed by atoms with van der Waals surface area (Å²) in [7, 11) is 1.22. The third-order valence-corrected chi connectivity index (χ3v) is 5.70. The summed E-state index contributed by atoms with van der Waals surface area (Å²) < 4.78 is 9.96. The van der Waals surface area contributed by atoms with E-state index < -0.39 is 28.8 Å². The van der Waals surface area contributed by atoms with Crippen molar-refractivity contribution in [3.8, 4) is 0 Å². The lowest BCUT2D eigenvalue weighted by Crippen LogP contribution is -2.48. The molecule has 0 aromatic heterocycles. The number of alkyl halides is 1. The van der Waals surface area contributed by atoms with Crippen molar-refractivity contribution >= 4 is 46.7 Å². The van der Waals surface area contributed by atoms with Crippen LogP contribution in [-0.4, -0.2) is 30.0 Å². The SMILES string of the molecule is COC(=O)[C@@]12OC(=O)[C@@H]3[C@@H](Cl)[C@@H](C[C@@H]31)C(Cl)=C2Cl. The van der Waals surface area contributed by atoms with E-state index in [0.717, 1.165) is 0 Å². The second-order valence-corrected chi connectivity index (χ2v) is 6.02. The van der Waals surface area contributed by atoms with Crippen LogP contribution in [-0.2, 0) is 19.1 Å². The van der Waals surface area contributed by atoms with Gasteiger partial charge in [0.05, 0.1) is 23.4 Å². The Kier molecular flexibility index (Phi) is 2.64. The van der Waals surface area contributed by atoms with Crippen LogP contribution >= 0.6 is 34.8 Å². The van der Waals surface area contributed by atoms with Gasteiger partial charge in [0, 0.05) is 16.9 Å². The van der Waals surface area contributed by atoms with Crippen LogP contribution in [0.3, 0.4) is 0 Å². The van der Waals surface area contributed by atoms with Gasteiger partial charge in [-0.25, -0.2) is 4.79 Å². The normalized spacial score (nSPS) is 45.2. The summed E-state index contributed by atoms with van der Waals surface area (Å²) in [6.45, 7) is 0. The summed E-state index contributed by atoms with van der Waals surface area (Å²) >= 11 is 18.6. The lowest BCUT2D eigenvalue weighted by molar-refractivity contribution is -0.171. The smallest absolute Gasteiger partial charge is 0.356 e. The number of hydrogen-bond donors (Lipinski definition) is 0. The van der Waals surface area contributed by atoms with E-state index >= 15 is 0 Å². The van der Waals surface area contributed by atoms with Crippen LogP contribution in [0.25, 0.3) is 0 Å². The maximum atomic E-state index is 12.0. The van der Waals surface area contributed by atoms with Crippen molar-refractivity contribution in [3.05, 3.63) is 10.1 Å². The summed E-state index contributed by atoms with van der Waals surface area (Å²) in [6, 6.07) is 0. The van der Waals surface area contributed by atoms with Crippen molar-refractivity contribution in [2.75, 3.05) is 7.11 Å². The zero-order valence-corrected chi connectivity index (χ0v) is 11.6. The van der Waals surface area contributed by atoms with E-state index in [2.05, 4.69) is 0 Å². The van der Waals surface area contributed by atoms with Crippen LogP contribution in [0.1, 0.15) is 6.42 Å². The van der Waals surface area contributed by atoms with Crippen molar-refractivity contribution < 1.29 is 19.1 Å². The number of ether oxygens (including phenoxy) is 2. The molecule has 1 heterocycles. The van der Waals surface area contributed by atoms with Crippen molar-refractivity contribution in [2.24, 2.45) is 17.8 Å². The fraction of sp³-hybridized carbons (Fsp3) is 0.636. The number of carbonyl (C=O) groups is 2. The molecule has 0 aromatic carbocycles. The van der Waals surface area contributed by atoms with E-state index in [1.165, 1.54) is 7.11 Å². The number of carbonyl (C=O) groups excluding carboxylic acids is 2. The maximum Gasteiger partial charge on any atom is 0.356 e. The molecule has 2 bridgehead atoms. The predicted octanol–water partition coefficient (Wildman–Crippen LogP) is 2.02. The number of allylic oxidation sites excluding steroid dienone is 1. The average molecular weight is 312 g/mol. The Morgan fingerprint density at radius 2 is 2.17 bits per heavy atom. The zero-order chi connectivity index (χ0) is 13.2. The minimum Gasteiger partial charge on any atom is -0.466 e. The zero-order valence-electron chi connectivity index (χ0n) is 9.28. The molecule has 2 aliphatic carbocycles. The fourth-order valence-corrected chi connectivity index (χ4v) is 4.60. The Hall–Kier alpha value is -0.450. The fourth-order valence-electron chi connectivity index (χ4n) is 3.26. The molecular formula is C11H9Cl3O4. The van der Waals surface area contributed by atoms with Crippen LogP contribution in [0.4, 0.5) is 0 Å². The maximum absolute atomic E-state index is 12.0. The van der Waals surface area contributed by atoms with Gasteiger partial charge in [-0.1, -0.05) is 23.2 Å².